The Morgan fingerprint density at radius 2 is 0.615 bits per heavy atom. The van der Waals surface area contributed by atoms with Crippen LogP contribution in [0.25, 0.3) is 0 Å². The Morgan fingerprint density at radius 1 is 0.308 bits per heavy atom. The lowest BCUT2D eigenvalue weighted by molar-refractivity contribution is 0.309. The molecule has 26 heavy (non-hydrogen) atoms. The molecule has 0 heteroatoms. The third-order valence-corrected chi connectivity index (χ3v) is 8.36. The van der Waals surface area contributed by atoms with Crippen LogP contribution in [0.4, 0.5) is 0 Å². The zero-order valence-corrected chi connectivity index (χ0v) is 17.9. The summed E-state index contributed by atoms with van der Waals surface area (Å²) in [6.45, 7) is 0. The predicted octanol–water partition coefficient (Wildman–Crippen LogP) is 9.07. The number of hydrogen-bond acceptors (Lipinski definition) is 0. The van der Waals surface area contributed by atoms with Crippen molar-refractivity contribution in [3.8, 4) is 0 Å². The molecule has 0 aromatic carbocycles. The lowest BCUT2D eigenvalue weighted by atomic mass is 9.84. The van der Waals surface area contributed by atoms with Crippen molar-refractivity contribution in [2.45, 2.75) is 141 Å². The number of rotatable bonds is 8. The van der Waals surface area contributed by atoms with Gasteiger partial charge in [-0.3, -0.25) is 0 Å². The van der Waals surface area contributed by atoms with Gasteiger partial charge in [-0.1, -0.05) is 141 Å². The second-order valence-electron chi connectivity index (χ2n) is 10.5. The zero-order chi connectivity index (χ0) is 17.9. The van der Waals surface area contributed by atoms with Crippen molar-refractivity contribution < 1.29 is 0 Å². The molecule has 0 aromatic rings. The van der Waals surface area contributed by atoms with E-state index >= 15 is 0 Å². The molecule has 2 atom stereocenters. The molecular weight excluding hydrogens is 312 g/mol. The van der Waals surface area contributed by atoms with Gasteiger partial charge in [0.05, 0.1) is 0 Å². The van der Waals surface area contributed by atoms with Gasteiger partial charge in [-0.25, -0.2) is 0 Å². The van der Waals surface area contributed by atoms with Gasteiger partial charge < -0.3 is 0 Å². The molecule has 3 aliphatic carbocycles. The molecule has 0 saturated heterocycles. The highest BCUT2D eigenvalue weighted by molar-refractivity contribution is 4.73. The van der Waals surface area contributed by atoms with Gasteiger partial charge in [-0.15, -0.1) is 0 Å². The Labute approximate surface area is 165 Å². The summed E-state index contributed by atoms with van der Waals surface area (Å²) in [5, 5.41) is 0. The van der Waals surface area contributed by atoms with E-state index in [-0.39, 0.29) is 0 Å². The van der Waals surface area contributed by atoms with Crippen LogP contribution in [-0.4, -0.2) is 0 Å². The van der Waals surface area contributed by atoms with E-state index in [4.69, 9.17) is 0 Å². The van der Waals surface area contributed by atoms with E-state index in [0.29, 0.717) is 0 Å². The Morgan fingerprint density at radius 3 is 1.04 bits per heavy atom. The van der Waals surface area contributed by atoms with E-state index in [0.717, 1.165) is 23.7 Å². The van der Waals surface area contributed by atoms with E-state index in [9.17, 15) is 0 Å². The van der Waals surface area contributed by atoms with Gasteiger partial charge in [0.25, 0.3) is 0 Å². The highest BCUT2D eigenvalue weighted by Crippen LogP contribution is 2.35. The first-order valence-corrected chi connectivity index (χ1v) is 12.9. The van der Waals surface area contributed by atoms with Crippen LogP contribution in [0.3, 0.4) is 0 Å². The van der Waals surface area contributed by atoms with Crippen molar-refractivity contribution in [3.05, 3.63) is 0 Å². The Balaban J connectivity index is 1.24. The van der Waals surface area contributed by atoms with Crippen molar-refractivity contribution in [1.82, 2.24) is 0 Å². The van der Waals surface area contributed by atoms with Crippen molar-refractivity contribution in [1.29, 1.82) is 0 Å². The molecule has 0 heterocycles. The van der Waals surface area contributed by atoms with Gasteiger partial charge in [0, 0.05) is 0 Å². The van der Waals surface area contributed by atoms with Gasteiger partial charge >= 0.3 is 0 Å². The summed E-state index contributed by atoms with van der Waals surface area (Å²) in [5.74, 6) is 4.37. The van der Waals surface area contributed by atoms with Crippen LogP contribution < -0.4 is 0 Å². The summed E-state index contributed by atoms with van der Waals surface area (Å²) in [6.07, 6.45) is 34.0. The molecule has 2 unspecified atom stereocenters. The largest absolute Gasteiger partial charge is 0.0533 e. The highest BCUT2D eigenvalue weighted by atomic mass is 14.3. The minimum atomic E-state index is 1.09. The van der Waals surface area contributed by atoms with Crippen LogP contribution in [0.1, 0.15) is 141 Å². The van der Waals surface area contributed by atoms with Gasteiger partial charge in [0.15, 0.2) is 0 Å². The summed E-state index contributed by atoms with van der Waals surface area (Å²) in [6, 6.07) is 0. The minimum absolute atomic E-state index is 1.09. The maximum absolute atomic E-state index is 1.57. The van der Waals surface area contributed by atoms with Crippen LogP contribution in [0.2, 0.25) is 0 Å². The molecule has 0 bridgehead atoms. The van der Waals surface area contributed by atoms with Gasteiger partial charge in [-0.2, -0.15) is 0 Å². The second-order valence-corrected chi connectivity index (χ2v) is 10.5. The van der Waals surface area contributed by atoms with Gasteiger partial charge in [0.1, 0.15) is 0 Å². The maximum atomic E-state index is 1.57. The minimum Gasteiger partial charge on any atom is -0.0533 e. The highest BCUT2D eigenvalue weighted by Gasteiger charge is 2.20. The van der Waals surface area contributed by atoms with Crippen LogP contribution in [0.15, 0.2) is 0 Å². The van der Waals surface area contributed by atoms with E-state index in [1.54, 1.807) is 96.3 Å². The van der Waals surface area contributed by atoms with Crippen LogP contribution in [0, 0.1) is 23.7 Å². The molecular formula is C26H48. The Hall–Kier alpha value is 0. The van der Waals surface area contributed by atoms with Gasteiger partial charge in [-0.05, 0) is 23.7 Å². The smallest absolute Gasteiger partial charge is 0.0414 e. The topological polar surface area (TPSA) is 0 Å². The zero-order valence-electron chi connectivity index (χ0n) is 17.9. The summed E-state index contributed by atoms with van der Waals surface area (Å²) < 4.78 is 0. The quantitative estimate of drug-likeness (QED) is 0.378. The molecule has 3 aliphatic rings. The van der Waals surface area contributed by atoms with Crippen molar-refractivity contribution in [3.63, 3.8) is 0 Å². The average Bonchev–Trinajstić information content (AvgIpc) is 3.06. The molecule has 0 spiro atoms. The van der Waals surface area contributed by atoms with Crippen LogP contribution >= 0.6 is 0 Å². The molecule has 3 saturated carbocycles. The Bertz CT molecular complexity index is 332. The first-order chi connectivity index (χ1) is 12.9. The lowest BCUT2D eigenvalue weighted by Crippen LogP contribution is -2.07. The van der Waals surface area contributed by atoms with Crippen LogP contribution in [-0.2, 0) is 0 Å². The summed E-state index contributed by atoms with van der Waals surface area (Å²) in [7, 11) is 0. The maximum Gasteiger partial charge on any atom is -0.0414 e. The SMILES string of the molecule is C1CCCC(CCCC2CCCC(CCCC3CCCCC3)CC2)CC1. The molecule has 0 amide bonds. The molecule has 0 nitrogen and oxygen atoms in total. The first-order valence-electron chi connectivity index (χ1n) is 12.9. The van der Waals surface area contributed by atoms with Gasteiger partial charge in [0.2, 0.25) is 0 Å². The van der Waals surface area contributed by atoms with Crippen molar-refractivity contribution >= 4 is 0 Å². The third kappa shape index (κ3) is 7.93. The first kappa shape index (κ1) is 20.7. The molecule has 0 aliphatic heterocycles. The monoisotopic (exact) mass is 360 g/mol. The molecule has 3 fully saturated rings. The Kier molecular flexibility index (Phi) is 9.93. The summed E-state index contributed by atoms with van der Waals surface area (Å²) in [4.78, 5) is 0. The fourth-order valence-electron chi connectivity index (χ4n) is 6.55. The normalized spacial score (nSPS) is 30.0. The lowest BCUT2D eigenvalue weighted by Gasteiger charge is -2.22. The number of hydrogen-bond donors (Lipinski definition) is 0. The molecule has 3 rings (SSSR count). The van der Waals surface area contributed by atoms with E-state index < -0.39 is 0 Å². The second kappa shape index (κ2) is 12.5. The van der Waals surface area contributed by atoms with E-state index in [1.807, 2.05) is 0 Å². The summed E-state index contributed by atoms with van der Waals surface area (Å²) in [5.41, 5.74) is 0. The van der Waals surface area contributed by atoms with Crippen LogP contribution in [0.5, 0.6) is 0 Å². The third-order valence-electron chi connectivity index (χ3n) is 8.36. The molecule has 0 radical (unpaired) electrons. The fraction of sp³-hybridized carbons (Fsp3) is 1.00. The van der Waals surface area contributed by atoms with Crippen molar-refractivity contribution in [2.24, 2.45) is 23.7 Å². The molecule has 0 aromatic heterocycles. The summed E-state index contributed by atoms with van der Waals surface area (Å²) >= 11 is 0. The van der Waals surface area contributed by atoms with E-state index in [1.165, 1.54) is 44.9 Å². The fourth-order valence-corrected chi connectivity index (χ4v) is 6.55. The predicted molar refractivity (Wildman–Crippen MR) is 116 cm³/mol. The van der Waals surface area contributed by atoms with Crippen molar-refractivity contribution in [2.75, 3.05) is 0 Å². The standard InChI is InChI=1S/C26H48/c1-2-5-12-23(11-4-1)15-8-17-25-19-10-20-26(22-21-25)18-9-16-24-13-6-3-7-14-24/h23-26H,1-22H2. The average molecular weight is 361 g/mol. The molecule has 0 N–H and O–H groups in total. The van der Waals surface area contributed by atoms with E-state index in [2.05, 4.69) is 0 Å². The molecule has 152 valence electrons.